The minimum atomic E-state index is 0.235. The zero-order chi connectivity index (χ0) is 17.8. The standard InChI is InChI=1S/C22H33N3O/c26-22(23-21-6-7-21)17-25-13-9-19(10-14-25)20-11-15-24(16-20)12-8-18-4-2-1-3-5-18/h1-5,19-21H,6-17H2,(H,23,26). The van der Waals surface area contributed by atoms with Crippen LogP contribution in [0.2, 0.25) is 0 Å². The third-order valence-corrected chi connectivity index (χ3v) is 6.48. The van der Waals surface area contributed by atoms with Gasteiger partial charge in [-0.3, -0.25) is 9.69 Å². The molecule has 2 aliphatic heterocycles. The highest BCUT2D eigenvalue weighted by Gasteiger charge is 2.32. The highest BCUT2D eigenvalue weighted by atomic mass is 16.2. The van der Waals surface area contributed by atoms with E-state index in [2.05, 4.69) is 45.4 Å². The maximum Gasteiger partial charge on any atom is 0.234 e. The maximum atomic E-state index is 12.0. The van der Waals surface area contributed by atoms with Crippen LogP contribution >= 0.6 is 0 Å². The Kier molecular flexibility index (Phi) is 5.91. The second-order valence-electron chi connectivity index (χ2n) is 8.54. The van der Waals surface area contributed by atoms with E-state index < -0.39 is 0 Å². The number of likely N-dealkylation sites (tertiary alicyclic amines) is 2. The number of nitrogens with zero attached hydrogens (tertiary/aromatic N) is 2. The Labute approximate surface area is 157 Å². The molecular weight excluding hydrogens is 322 g/mol. The summed E-state index contributed by atoms with van der Waals surface area (Å²) in [5.41, 5.74) is 1.45. The van der Waals surface area contributed by atoms with Crippen molar-refractivity contribution in [3.8, 4) is 0 Å². The average molecular weight is 356 g/mol. The Morgan fingerprint density at radius 2 is 1.62 bits per heavy atom. The van der Waals surface area contributed by atoms with Crippen molar-refractivity contribution in [2.75, 3.05) is 39.3 Å². The Morgan fingerprint density at radius 3 is 2.35 bits per heavy atom. The van der Waals surface area contributed by atoms with Crippen molar-refractivity contribution in [1.29, 1.82) is 0 Å². The lowest BCUT2D eigenvalue weighted by molar-refractivity contribution is -0.122. The fourth-order valence-electron chi connectivity index (χ4n) is 4.67. The number of amides is 1. The van der Waals surface area contributed by atoms with Gasteiger partial charge in [0.15, 0.2) is 0 Å². The van der Waals surface area contributed by atoms with Crippen LogP contribution in [0.3, 0.4) is 0 Å². The van der Waals surface area contributed by atoms with E-state index in [1.807, 2.05) is 0 Å². The summed E-state index contributed by atoms with van der Waals surface area (Å²) in [4.78, 5) is 17.0. The van der Waals surface area contributed by atoms with E-state index >= 15 is 0 Å². The molecule has 1 amide bonds. The van der Waals surface area contributed by atoms with Gasteiger partial charge in [-0.05, 0) is 75.6 Å². The molecule has 4 rings (SSSR count). The Balaban J connectivity index is 1.15. The molecule has 1 aromatic carbocycles. The molecule has 26 heavy (non-hydrogen) atoms. The van der Waals surface area contributed by atoms with Crippen molar-refractivity contribution in [3.63, 3.8) is 0 Å². The Hall–Kier alpha value is -1.39. The minimum Gasteiger partial charge on any atom is -0.352 e. The van der Waals surface area contributed by atoms with Gasteiger partial charge in [-0.2, -0.15) is 0 Å². The molecule has 4 heteroatoms. The largest absolute Gasteiger partial charge is 0.352 e. The SMILES string of the molecule is O=C(CN1CCC(C2CCN(CCc3ccccc3)C2)CC1)NC1CC1. The number of nitrogens with one attached hydrogen (secondary N) is 1. The molecule has 1 saturated carbocycles. The van der Waals surface area contributed by atoms with E-state index in [0.717, 1.165) is 24.9 Å². The molecule has 1 aliphatic carbocycles. The topological polar surface area (TPSA) is 35.6 Å². The minimum absolute atomic E-state index is 0.235. The number of carbonyl (C=O) groups excluding carboxylic acids is 1. The van der Waals surface area contributed by atoms with Crippen LogP contribution in [0.5, 0.6) is 0 Å². The predicted octanol–water partition coefficient (Wildman–Crippen LogP) is 2.54. The summed E-state index contributed by atoms with van der Waals surface area (Å²) >= 11 is 0. The number of hydrogen-bond acceptors (Lipinski definition) is 3. The molecule has 142 valence electrons. The lowest BCUT2D eigenvalue weighted by Gasteiger charge is -2.34. The van der Waals surface area contributed by atoms with Gasteiger partial charge in [-0.25, -0.2) is 0 Å². The van der Waals surface area contributed by atoms with Crippen molar-refractivity contribution in [2.24, 2.45) is 11.8 Å². The van der Waals surface area contributed by atoms with Crippen molar-refractivity contribution >= 4 is 5.91 Å². The summed E-state index contributed by atoms with van der Waals surface area (Å²) in [7, 11) is 0. The van der Waals surface area contributed by atoms with E-state index in [9.17, 15) is 4.79 Å². The first-order valence-electron chi connectivity index (χ1n) is 10.5. The summed E-state index contributed by atoms with van der Waals surface area (Å²) < 4.78 is 0. The summed E-state index contributed by atoms with van der Waals surface area (Å²) in [5, 5.41) is 3.11. The molecule has 0 aromatic heterocycles. The van der Waals surface area contributed by atoms with Gasteiger partial charge in [0.05, 0.1) is 6.54 Å². The number of piperidine rings is 1. The first kappa shape index (κ1) is 18.0. The fraction of sp³-hybridized carbons (Fsp3) is 0.682. The third kappa shape index (κ3) is 5.08. The molecule has 1 N–H and O–H groups in total. The summed E-state index contributed by atoms with van der Waals surface area (Å²) in [5.74, 6) is 1.96. The number of carbonyl (C=O) groups is 1. The Morgan fingerprint density at radius 1 is 0.923 bits per heavy atom. The van der Waals surface area contributed by atoms with Crippen LogP contribution in [0.4, 0.5) is 0 Å². The van der Waals surface area contributed by atoms with E-state index in [-0.39, 0.29) is 5.91 Å². The molecule has 4 nitrogen and oxygen atoms in total. The van der Waals surface area contributed by atoms with Crippen LogP contribution in [0.1, 0.15) is 37.7 Å². The number of benzene rings is 1. The quantitative estimate of drug-likeness (QED) is 0.816. The normalized spacial score (nSPS) is 25.5. The lowest BCUT2D eigenvalue weighted by Crippen LogP contribution is -2.43. The van der Waals surface area contributed by atoms with E-state index in [0.29, 0.717) is 12.6 Å². The van der Waals surface area contributed by atoms with Gasteiger partial charge in [0.25, 0.3) is 0 Å². The van der Waals surface area contributed by atoms with Crippen molar-refractivity contribution in [2.45, 2.75) is 44.6 Å². The zero-order valence-corrected chi connectivity index (χ0v) is 15.9. The maximum absolute atomic E-state index is 12.0. The molecule has 3 aliphatic rings. The first-order chi connectivity index (χ1) is 12.8. The van der Waals surface area contributed by atoms with E-state index in [4.69, 9.17) is 0 Å². The first-order valence-corrected chi connectivity index (χ1v) is 10.5. The van der Waals surface area contributed by atoms with Gasteiger partial charge in [0, 0.05) is 19.1 Å². The van der Waals surface area contributed by atoms with Crippen LogP contribution < -0.4 is 5.32 Å². The molecule has 2 heterocycles. The molecule has 1 unspecified atom stereocenters. The third-order valence-electron chi connectivity index (χ3n) is 6.48. The van der Waals surface area contributed by atoms with Crippen LogP contribution in [0, 0.1) is 11.8 Å². The van der Waals surface area contributed by atoms with Gasteiger partial charge >= 0.3 is 0 Å². The van der Waals surface area contributed by atoms with Crippen LogP contribution in [-0.4, -0.2) is 61.0 Å². The smallest absolute Gasteiger partial charge is 0.234 e. The Bertz CT molecular complexity index is 578. The number of rotatable bonds is 7. The van der Waals surface area contributed by atoms with Gasteiger partial charge in [-0.1, -0.05) is 30.3 Å². The molecular formula is C22H33N3O. The van der Waals surface area contributed by atoms with Crippen molar-refractivity contribution in [1.82, 2.24) is 15.1 Å². The number of hydrogen-bond donors (Lipinski definition) is 1. The second kappa shape index (κ2) is 8.53. The lowest BCUT2D eigenvalue weighted by atomic mass is 9.84. The zero-order valence-electron chi connectivity index (χ0n) is 15.9. The van der Waals surface area contributed by atoms with Crippen molar-refractivity contribution < 1.29 is 4.79 Å². The fourth-order valence-corrected chi connectivity index (χ4v) is 4.67. The van der Waals surface area contributed by atoms with Crippen LogP contribution in [-0.2, 0) is 11.2 Å². The summed E-state index contributed by atoms with van der Waals surface area (Å²) in [6.07, 6.45) is 7.43. The molecule has 0 bridgehead atoms. The highest BCUT2D eigenvalue weighted by molar-refractivity contribution is 5.78. The summed E-state index contributed by atoms with van der Waals surface area (Å²) in [6.45, 7) is 6.55. The molecule has 0 radical (unpaired) electrons. The predicted molar refractivity (Wildman–Crippen MR) is 105 cm³/mol. The van der Waals surface area contributed by atoms with Crippen molar-refractivity contribution in [3.05, 3.63) is 35.9 Å². The second-order valence-corrected chi connectivity index (χ2v) is 8.54. The molecule has 1 atom stereocenters. The molecule has 0 spiro atoms. The molecule has 1 aromatic rings. The molecule has 2 saturated heterocycles. The van der Waals surface area contributed by atoms with E-state index in [1.165, 1.54) is 63.7 Å². The monoisotopic (exact) mass is 355 g/mol. The van der Waals surface area contributed by atoms with Gasteiger partial charge in [-0.15, -0.1) is 0 Å². The van der Waals surface area contributed by atoms with Gasteiger partial charge in [0.2, 0.25) is 5.91 Å². The van der Waals surface area contributed by atoms with Crippen LogP contribution in [0.25, 0.3) is 0 Å². The van der Waals surface area contributed by atoms with Gasteiger partial charge < -0.3 is 10.2 Å². The van der Waals surface area contributed by atoms with E-state index in [1.54, 1.807) is 0 Å². The van der Waals surface area contributed by atoms with Gasteiger partial charge in [0.1, 0.15) is 0 Å². The average Bonchev–Trinajstić information content (AvgIpc) is 3.35. The molecule has 3 fully saturated rings. The van der Waals surface area contributed by atoms with Crippen LogP contribution in [0.15, 0.2) is 30.3 Å². The summed E-state index contributed by atoms with van der Waals surface area (Å²) in [6, 6.07) is 11.3. The highest BCUT2D eigenvalue weighted by Crippen LogP contribution is 2.32.